The van der Waals surface area contributed by atoms with Gasteiger partial charge in [0.2, 0.25) is 0 Å². The van der Waals surface area contributed by atoms with E-state index in [1.807, 2.05) is 6.07 Å². The van der Waals surface area contributed by atoms with Crippen molar-refractivity contribution in [3.8, 4) is 0 Å². The monoisotopic (exact) mass is 323 g/mol. The fourth-order valence-electron chi connectivity index (χ4n) is 2.11. The highest BCUT2D eigenvalue weighted by atomic mass is 16.2. The minimum atomic E-state index is -0.689. The van der Waals surface area contributed by atoms with Crippen LogP contribution >= 0.6 is 0 Å². The van der Waals surface area contributed by atoms with Gasteiger partial charge in [0, 0.05) is 18.1 Å². The van der Waals surface area contributed by atoms with Gasteiger partial charge in [-0.25, -0.2) is 14.8 Å². The number of hydrogen-bond donors (Lipinski definition) is 2. The predicted molar refractivity (Wildman–Crippen MR) is 86.9 cm³/mol. The van der Waals surface area contributed by atoms with Gasteiger partial charge < -0.3 is 10.3 Å². The summed E-state index contributed by atoms with van der Waals surface area (Å²) in [4.78, 5) is 46.8. The lowest BCUT2D eigenvalue weighted by atomic mass is 10.2. The van der Waals surface area contributed by atoms with E-state index in [1.165, 1.54) is 12.5 Å². The molecule has 0 unspecified atom stereocenters. The van der Waals surface area contributed by atoms with E-state index >= 15 is 0 Å². The highest BCUT2D eigenvalue weighted by molar-refractivity contribution is 6.03. The number of rotatable bonds is 4. The van der Waals surface area contributed by atoms with Crippen LogP contribution in [0.4, 0.5) is 5.69 Å². The summed E-state index contributed by atoms with van der Waals surface area (Å²) in [6.45, 7) is -0.0524. The van der Waals surface area contributed by atoms with Gasteiger partial charge in [0.1, 0.15) is 11.9 Å². The number of aromatic nitrogens is 4. The van der Waals surface area contributed by atoms with Crippen molar-refractivity contribution in [3.63, 3.8) is 0 Å². The minimum Gasteiger partial charge on any atom is -0.322 e. The van der Waals surface area contributed by atoms with Crippen LogP contribution in [0.5, 0.6) is 0 Å². The molecule has 3 aromatic rings. The summed E-state index contributed by atoms with van der Waals surface area (Å²) in [5.74, 6) is -0.598. The van der Waals surface area contributed by atoms with E-state index in [0.717, 1.165) is 10.8 Å². The quantitative estimate of drug-likeness (QED) is 0.731. The van der Waals surface area contributed by atoms with Gasteiger partial charge >= 0.3 is 5.69 Å². The van der Waals surface area contributed by atoms with Crippen molar-refractivity contribution >= 4 is 11.6 Å². The molecule has 0 aliphatic heterocycles. The molecule has 0 saturated carbocycles. The molecule has 3 rings (SSSR count). The van der Waals surface area contributed by atoms with E-state index in [0.29, 0.717) is 11.4 Å². The van der Waals surface area contributed by atoms with Gasteiger partial charge in [-0.05, 0) is 18.2 Å². The lowest BCUT2D eigenvalue weighted by Crippen LogP contribution is -2.39. The summed E-state index contributed by atoms with van der Waals surface area (Å²) < 4.78 is 0.919. The highest BCUT2D eigenvalue weighted by Gasteiger charge is 2.15. The summed E-state index contributed by atoms with van der Waals surface area (Å²) in [6.07, 6.45) is 3.94. The molecular formula is C16H13N5O3. The Morgan fingerprint density at radius 2 is 1.96 bits per heavy atom. The molecule has 2 aromatic heterocycles. The van der Waals surface area contributed by atoms with E-state index in [1.54, 1.807) is 30.3 Å². The molecular weight excluding hydrogens is 310 g/mol. The molecule has 8 heteroatoms. The molecule has 0 aliphatic rings. The number of carbonyl (C=O) groups excluding carboxylic acids is 1. The first-order chi connectivity index (χ1) is 11.6. The molecule has 1 amide bonds. The van der Waals surface area contributed by atoms with Crippen LogP contribution in [-0.4, -0.2) is 25.4 Å². The number of hydrogen-bond acceptors (Lipinski definition) is 5. The number of anilines is 1. The molecule has 0 aliphatic carbocycles. The number of carbonyl (C=O) groups is 1. The molecule has 0 radical (unpaired) electrons. The van der Waals surface area contributed by atoms with Crippen LogP contribution in [0.25, 0.3) is 0 Å². The fourth-order valence-corrected chi connectivity index (χ4v) is 2.11. The Hall–Kier alpha value is -3.55. The second-order valence-corrected chi connectivity index (χ2v) is 4.92. The van der Waals surface area contributed by atoms with Crippen molar-refractivity contribution in [3.05, 3.63) is 87.2 Å². The second-order valence-electron chi connectivity index (χ2n) is 4.92. The summed E-state index contributed by atoms with van der Waals surface area (Å²) in [5, 5.41) is 2.61. The van der Waals surface area contributed by atoms with Crippen LogP contribution in [0.2, 0.25) is 0 Å². The number of nitrogens with zero attached hydrogens (tertiary/aromatic N) is 3. The van der Waals surface area contributed by atoms with Gasteiger partial charge in [-0.1, -0.05) is 18.2 Å². The average Bonchev–Trinajstić information content (AvgIpc) is 2.60. The SMILES string of the molecule is O=C(Nc1ccccc1)c1c[nH]c(=O)n(Cc2ccncn2)c1=O. The minimum absolute atomic E-state index is 0.0524. The van der Waals surface area contributed by atoms with Crippen LogP contribution in [0.15, 0.2) is 64.7 Å². The van der Waals surface area contributed by atoms with Crippen molar-refractivity contribution in [2.75, 3.05) is 5.32 Å². The van der Waals surface area contributed by atoms with Crippen LogP contribution < -0.4 is 16.6 Å². The summed E-state index contributed by atoms with van der Waals surface area (Å²) >= 11 is 0. The molecule has 0 atom stereocenters. The van der Waals surface area contributed by atoms with Crippen molar-refractivity contribution in [2.45, 2.75) is 6.54 Å². The molecule has 0 saturated heterocycles. The van der Waals surface area contributed by atoms with Gasteiger partial charge in [0.15, 0.2) is 0 Å². The van der Waals surface area contributed by atoms with E-state index in [4.69, 9.17) is 0 Å². The third kappa shape index (κ3) is 3.27. The van der Waals surface area contributed by atoms with Crippen LogP contribution in [0.3, 0.4) is 0 Å². The average molecular weight is 323 g/mol. The van der Waals surface area contributed by atoms with Gasteiger partial charge in [0.25, 0.3) is 11.5 Å². The smallest absolute Gasteiger partial charge is 0.322 e. The number of para-hydroxylation sites is 1. The maximum Gasteiger partial charge on any atom is 0.328 e. The number of H-pyrrole nitrogens is 1. The Morgan fingerprint density at radius 3 is 2.67 bits per heavy atom. The Bertz CT molecular complexity index is 964. The first-order valence-corrected chi connectivity index (χ1v) is 7.09. The second kappa shape index (κ2) is 6.69. The molecule has 120 valence electrons. The number of benzene rings is 1. The molecule has 8 nitrogen and oxygen atoms in total. The predicted octanol–water partition coefficient (Wildman–Crippen LogP) is 0.627. The Balaban J connectivity index is 1.93. The van der Waals surface area contributed by atoms with Gasteiger partial charge in [-0.15, -0.1) is 0 Å². The zero-order valence-electron chi connectivity index (χ0n) is 12.5. The van der Waals surface area contributed by atoms with Crippen molar-refractivity contribution in [1.29, 1.82) is 0 Å². The van der Waals surface area contributed by atoms with E-state index in [-0.39, 0.29) is 12.1 Å². The normalized spacial score (nSPS) is 10.3. The van der Waals surface area contributed by atoms with E-state index < -0.39 is 17.2 Å². The fraction of sp³-hybridized carbons (Fsp3) is 0.0625. The lowest BCUT2D eigenvalue weighted by molar-refractivity contribution is 0.102. The van der Waals surface area contributed by atoms with Crippen LogP contribution in [-0.2, 0) is 6.54 Å². The van der Waals surface area contributed by atoms with Gasteiger partial charge in [-0.2, -0.15) is 0 Å². The van der Waals surface area contributed by atoms with Crippen molar-refractivity contribution in [1.82, 2.24) is 19.5 Å². The van der Waals surface area contributed by atoms with Crippen molar-refractivity contribution < 1.29 is 4.79 Å². The number of amides is 1. The first-order valence-electron chi connectivity index (χ1n) is 7.09. The zero-order valence-corrected chi connectivity index (χ0v) is 12.5. The maximum absolute atomic E-state index is 12.5. The van der Waals surface area contributed by atoms with Gasteiger partial charge in [-0.3, -0.25) is 14.2 Å². The lowest BCUT2D eigenvalue weighted by Gasteiger charge is -2.07. The molecule has 2 heterocycles. The highest BCUT2D eigenvalue weighted by Crippen LogP contribution is 2.06. The van der Waals surface area contributed by atoms with Crippen molar-refractivity contribution in [2.24, 2.45) is 0 Å². The molecule has 0 bridgehead atoms. The molecule has 1 aromatic carbocycles. The molecule has 2 N–H and O–H groups in total. The summed E-state index contributed by atoms with van der Waals surface area (Å²) in [6, 6.07) is 10.3. The largest absolute Gasteiger partial charge is 0.328 e. The Labute approximate surface area is 135 Å². The first kappa shape index (κ1) is 15.3. The molecule has 0 spiro atoms. The standard InChI is InChI=1S/C16H13N5O3/c22-14(20-11-4-2-1-3-5-11)13-8-18-16(24)21(15(13)23)9-12-6-7-17-10-19-12/h1-8,10H,9H2,(H,18,24)(H,20,22). The topological polar surface area (TPSA) is 110 Å². The van der Waals surface area contributed by atoms with Gasteiger partial charge in [0.05, 0.1) is 12.2 Å². The third-order valence-electron chi connectivity index (χ3n) is 3.30. The van der Waals surface area contributed by atoms with E-state index in [2.05, 4.69) is 20.3 Å². The summed E-state index contributed by atoms with van der Waals surface area (Å²) in [5.41, 5.74) is -0.429. The molecule has 0 fully saturated rings. The Morgan fingerprint density at radius 1 is 1.17 bits per heavy atom. The molecule has 24 heavy (non-hydrogen) atoms. The van der Waals surface area contributed by atoms with Crippen LogP contribution in [0.1, 0.15) is 16.1 Å². The van der Waals surface area contributed by atoms with Crippen LogP contribution in [0, 0.1) is 0 Å². The summed E-state index contributed by atoms with van der Waals surface area (Å²) in [7, 11) is 0. The number of nitrogens with one attached hydrogen (secondary N) is 2. The third-order valence-corrected chi connectivity index (χ3v) is 3.30. The maximum atomic E-state index is 12.5. The Kier molecular flexibility index (Phi) is 4.28. The van der Waals surface area contributed by atoms with E-state index in [9.17, 15) is 14.4 Å². The zero-order chi connectivity index (χ0) is 16.9. The number of aromatic amines is 1.